The maximum atomic E-state index is 12.7. The van der Waals surface area contributed by atoms with Crippen LogP contribution in [0.3, 0.4) is 0 Å². The zero-order valence-corrected chi connectivity index (χ0v) is 6.97. The largest absolute Gasteiger partial charge is 0.324 e. The molecule has 0 radical (unpaired) electrons. The molecule has 0 aromatic rings. The van der Waals surface area contributed by atoms with Crippen LogP contribution < -0.4 is 0 Å². The maximum Gasteiger partial charge on any atom is 0.324 e. The molecule has 0 aliphatic heterocycles. The van der Waals surface area contributed by atoms with E-state index in [1.165, 1.54) is 0 Å². The third-order valence-electron chi connectivity index (χ3n) is 1.99. The van der Waals surface area contributed by atoms with Gasteiger partial charge in [0.2, 0.25) is 0 Å². The summed E-state index contributed by atoms with van der Waals surface area (Å²) in [4.78, 5) is 0. The van der Waals surface area contributed by atoms with Gasteiger partial charge in [-0.15, -0.1) is 0 Å². The fourth-order valence-corrected chi connectivity index (χ4v) is 2.40. The van der Waals surface area contributed by atoms with E-state index in [0.29, 0.717) is 12.8 Å². The second kappa shape index (κ2) is 4.14. The first kappa shape index (κ1) is 9.10. The van der Waals surface area contributed by atoms with Crippen molar-refractivity contribution < 1.29 is 12.7 Å². The highest BCUT2D eigenvalue weighted by atomic mass is 32.2. The van der Waals surface area contributed by atoms with E-state index >= 15 is 0 Å². The predicted molar refractivity (Wildman–Crippen MR) is 42.8 cm³/mol. The highest BCUT2D eigenvalue weighted by molar-refractivity contribution is 8.11. The molecule has 1 rings (SSSR count). The van der Waals surface area contributed by atoms with E-state index in [1.54, 1.807) is 0 Å². The van der Waals surface area contributed by atoms with Crippen molar-refractivity contribution in [3.05, 3.63) is 0 Å². The van der Waals surface area contributed by atoms with Gasteiger partial charge in [-0.05, 0) is 12.8 Å². The summed E-state index contributed by atoms with van der Waals surface area (Å²) >= 11 is 0. The predicted octanol–water partition coefficient (Wildman–Crippen LogP) is 3.50. The number of hydrogen-bond acceptors (Lipinski definition) is 0. The minimum absolute atomic E-state index is 0.381. The molecule has 0 bridgehead atoms. The molecule has 1 unspecified atom stereocenters. The molecule has 4 heteroatoms. The van der Waals surface area contributed by atoms with Crippen LogP contribution in [0.5, 0.6) is 0 Å². The molecule has 1 saturated carbocycles. The Balaban J connectivity index is 2.52. The number of rotatable bonds is 1. The standard InChI is InChI=1S/C7H11F3S/c8-7(9)11(10)6-4-2-1-3-5-6/h6H,1-5H2. The summed E-state index contributed by atoms with van der Waals surface area (Å²) in [6.45, 7) is 0. The number of halogens is 3. The Kier molecular flexibility index (Phi) is 3.43. The second-order valence-corrected chi connectivity index (χ2v) is 4.31. The lowest BCUT2D eigenvalue weighted by Crippen LogP contribution is -2.09. The van der Waals surface area contributed by atoms with Crippen molar-refractivity contribution >= 4 is 16.2 Å². The molecular weight excluding hydrogens is 173 g/mol. The summed E-state index contributed by atoms with van der Waals surface area (Å²) in [5.74, 6) is 0. The monoisotopic (exact) mass is 184 g/mol. The summed E-state index contributed by atoms with van der Waals surface area (Å²) < 4.78 is 36.2. The van der Waals surface area contributed by atoms with Crippen molar-refractivity contribution in [3.8, 4) is 0 Å². The van der Waals surface area contributed by atoms with Crippen molar-refractivity contribution in [2.24, 2.45) is 0 Å². The molecular formula is C7H11F3S. The lowest BCUT2D eigenvalue weighted by atomic mass is 10.0. The van der Waals surface area contributed by atoms with Crippen molar-refractivity contribution in [1.29, 1.82) is 0 Å². The third kappa shape index (κ3) is 2.51. The number of hydrogen-bond donors (Lipinski definition) is 0. The molecule has 0 saturated heterocycles. The molecule has 0 amide bonds. The van der Waals surface area contributed by atoms with Crippen LogP contribution in [0.1, 0.15) is 32.1 Å². The van der Waals surface area contributed by atoms with Crippen LogP contribution >= 0.6 is 10.9 Å². The second-order valence-electron chi connectivity index (χ2n) is 2.77. The summed E-state index contributed by atoms with van der Waals surface area (Å²) in [7, 11) is -2.22. The topological polar surface area (TPSA) is 0 Å². The SMILES string of the molecule is FC(F)=S(F)C1CCCCC1. The van der Waals surface area contributed by atoms with Crippen LogP contribution in [0.4, 0.5) is 12.7 Å². The van der Waals surface area contributed by atoms with Gasteiger partial charge in [0.25, 0.3) is 0 Å². The molecule has 1 aliphatic carbocycles. The molecule has 1 aliphatic rings. The molecule has 0 N–H and O–H groups in total. The van der Waals surface area contributed by atoms with Crippen LogP contribution in [-0.4, -0.2) is 10.6 Å². The minimum atomic E-state index is -2.22. The summed E-state index contributed by atoms with van der Waals surface area (Å²) in [5.41, 5.74) is 0. The molecule has 0 heterocycles. The lowest BCUT2D eigenvalue weighted by molar-refractivity contribution is 0.509. The van der Waals surface area contributed by atoms with E-state index in [0.717, 1.165) is 19.3 Å². The van der Waals surface area contributed by atoms with Crippen molar-refractivity contribution in [1.82, 2.24) is 0 Å². The molecule has 0 spiro atoms. The molecule has 0 nitrogen and oxygen atoms in total. The zero-order chi connectivity index (χ0) is 8.27. The fraction of sp³-hybridized carbons (Fsp3) is 0.857. The van der Waals surface area contributed by atoms with Gasteiger partial charge in [0.1, 0.15) is 0 Å². The van der Waals surface area contributed by atoms with Gasteiger partial charge >= 0.3 is 5.37 Å². The van der Waals surface area contributed by atoms with Gasteiger partial charge < -0.3 is 0 Å². The smallest absolute Gasteiger partial charge is 0.168 e. The van der Waals surface area contributed by atoms with Gasteiger partial charge in [-0.25, -0.2) is 0 Å². The van der Waals surface area contributed by atoms with Crippen LogP contribution in [0, 0.1) is 0 Å². The van der Waals surface area contributed by atoms with Crippen LogP contribution in [0.2, 0.25) is 0 Å². The summed E-state index contributed by atoms with van der Waals surface area (Å²) in [6, 6.07) is 0. The molecule has 0 aromatic carbocycles. The Hall–Kier alpha value is 0.01000. The molecule has 0 aromatic heterocycles. The van der Waals surface area contributed by atoms with Gasteiger partial charge in [0.05, 0.1) is 10.9 Å². The molecule has 11 heavy (non-hydrogen) atoms. The van der Waals surface area contributed by atoms with E-state index in [2.05, 4.69) is 0 Å². The normalized spacial score (nSPS) is 23.2. The molecule has 1 fully saturated rings. The lowest BCUT2D eigenvalue weighted by Gasteiger charge is -2.19. The Morgan fingerprint density at radius 2 is 1.64 bits per heavy atom. The summed E-state index contributed by atoms with van der Waals surface area (Å²) in [5, 5.41) is -2.40. The van der Waals surface area contributed by atoms with Gasteiger partial charge in [0.15, 0.2) is 0 Å². The van der Waals surface area contributed by atoms with Crippen LogP contribution in [-0.2, 0) is 0 Å². The fourth-order valence-electron chi connectivity index (χ4n) is 1.40. The maximum absolute atomic E-state index is 12.7. The Labute approximate surface area is 67.0 Å². The zero-order valence-electron chi connectivity index (χ0n) is 6.16. The van der Waals surface area contributed by atoms with E-state index in [9.17, 15) is 12.7 Å². The highest BCUT2D eigenvalue weighted by Crippen LogP contribution is 2.35. The van der Waals surface area contributed by atoms with E-state index in [1.807, 2.05) is 0 Å². The summed E-state index contributed by atoms with van der Waals surface area (Å²) in [6.07, 6.45) is 4.16. The average Bonchev–Trinajstić information content (AvgIpc) is 2.05. The van der Waals surface area contributed by atoms with Gasteiger partial charge in [-0.2, -0.15) is 12.7 Å². The van der Waals surface area contributed by atoms with Gasteiger partial charge in [0, 0.05) is 5.25 Å². The van der Waals surface area contributed by atoms with Gasteiger partial charge in [-0.3, -0.25) is 0 Å². The van der Waals surface area contributed by atoms with E-state index in [4.69, 9.17) is 0 Å². The van der Waals surface area contributed by atoms with Crippen molar-refractivity contribution in [2.75, 3.05) is 0 Å². The van der Waals surface area contributed by atoms with Crippen LogP contribution in [0.15, 0.2) is 0 Å². The van der Waals surface area contributed by atoms with Crippen molar-refractivity contribution in [3.63, 3.8) is 0 Å². The Morgan fingerprint density at radius 3 is 2.09 bits per heavy atom. The van der Waals surface area contributed by atoms with Crippen molar-refractivity contribution in [2.45, 2.75) is 37.4 Å². The van der Waals surface area contributed by atoms with E-state index in [-0.39, 0.29) is 5.25 Å². The first-order valence-electron chi connectivity index (χ1n) is 3.79. The molecule has 66 valence electrons. The van der Waals surface area contributed by atoms with Gasteiger partial charge in [-0.1, -0.05) is 19.3 Å². The Morgan fingerprint density at radius 1 is 1.09 bits per heavy atom. The van der Waals surface area contributed by atoms with Crippen LogP contribution in [0.25, 0.3) is 0 Å². The molecule has 1 atom stereocenters. The first-order valence-corrected chi connectivity index (χ1v) is 4.98. The quantitative estimate of drug-likeness (QED) is 0.432. The third-order valence-corrected chi connectivity index (χ3v) is 3.34. The first-order chi connectivity index (χ1) is 5.22. The average molecular weight is 184 g/mol. The highest BCUT2D eigenvalue weighted by Gasteiger charge is 2.20. The van der Waals surface area contributed by atoms with E-state index < -0.39 is 16.2 Å². The minimum Gasteiger partial charge on any atom is -0.168 e. The Bertz CT molecular complexity index is 157.